The highest BCUT2D eigenvalue weighted by atomic mass is 35.5. The first kappa shape index (κ1) is 19.3. The monoisotopic (exact) mass is 370 g/mol. The lowest BCUT2D eigenvalue weighted by molar-refractivity contribution is -0.118. The van der Waals surface area contributed by atoms with Crippen molar-refractivity contribution in [3.05, 3.63) is 23.2 Å². The molecule has 0 aromatic heterocycles. The third-order valence-corrected chi connectivity index (χ3v) is 3.83. The van der Waals surface area contributed by atoms with Gasteiger partial charge in [-0.05, 0) is 18.2 Å². The molecule has 25 heavy (non-hydrogen) atoms. The molecule has 0 aliphatic carbocycles. The van der Waals surface area contributed by atoms with E-state index in [4.69, 9.17) is 21.1 Å². The molecule has 0 radical (unpaired) electrons. The zero-order chi connectivity index (χ0) is 18.1. The minimum Gasteiger partial charge on any atom is -0.383 e. The predicted octanol–water partition coefficient (Wildman–Crippen LogP) is 1.06. The Morgan fingerprint density at radius 3 is 2.80 bits per heavy atom. The maximum atomic E-state index is 11.9. The first-order valence-electron chi connectivity index (χ1n) is 8.03. The van der Waals surface area contributed by atoms with Crippen molar-refractivity contribution in [1.29, 1.82) is 0 Å². The van der Waals surface area contributed by atoms with E-state index in [1.807, 2.05) is 6.07 Å². The van der Waals surface area contributed by atoms with Gasteiger partial charge in [0.2, 0.25) is 5.91 Å². The lowest BCUT2D eigenvalue weighted by Crippen LogP contribution is -2.43. The Morgan fingerprint density at radius 2 is 2.08 bits per heavy atom. The van der Waals surface area contributed by atoms with Crippen LogP contribution in [-0.4, -0.2) is 65.0 Å². The van der Waals surface area contributed by atoms with Crippen molar-refractivity contribution in [1.82, 2.24) is 10.6 Å². The molecule has 1 heterocycles. The third-order valence-electron chi connectivity index (χ3n) is 3.59. The number of halogens is 1. The Balaban J connectivity index is 1.89. The van der Waals surface area contributed by atoms with Crippen molar-refractivity contribution < 1.29 is 19.1 Å². The number of urea groups is 1. The molecule has 2 rings (SSSR count). The fourth-order valence-corrected chi connectivity index (χ4v) is 2.56. The van der Waals surface area contributed by atoms with E-state index >= 15 is 0 Å². The summed E-state index contributed by atoms with van der Waals surface area (Å²) in [4.78, 5) is 25.6. The topological polar surface area (TPSA) is 91.9 Å². The van der Waals surface area contributed by atoms with Crippen LogP contribution in [0, 0.1) is 0 Å². The molecule has 0 atom stereocenters. The van der Waals surface area contributed by atoms with Crippen LogP contribution in [0.1, 0.15) is 0 Å². The van der Waals surface area contributed by atoms with E-state index in [9.17, 15) is 9.59 Å². The van der Waals surface area contributed by atoms with Crippen molar-refractivity contribution in [3.63, 3.8) is 0 Å². The molecule has 3 amide bonds. The molecular formula is C16H23ClN4O4. The zero-order valence-corrected chi connectivity index (χ0v) is 14.9. The van der Waals surface area contributed by atoms with Gasteiger partial charge in [-0.15, -0.1) is 0 Å². The van der Waals surface area contributed by atoms with Gasteiger partial charge in [0.25, 0.3) is 0 Å². The predicted molar refractivity (Wildman–Crippen MR) is 96.4 cm³/mol. The van der Waals surface area contributed by atoms with Gasteiger partial charge in [0, 0.05) is 31.8 Å². The van der Waals surface area contributed by atoms with Crippen molar-refractivity contribution >= 4 is 34.9 Å². The minimum absolute atomic E-state index is 0.0463. The second-order valence-corrected chi connectivity index (χ2v) is 5.85. The van der Waals surface area contributed by atoms with E-state index in [1.54, 1.807) is 12.1 Å². The summed E-state index contributed by atoms with van der Waals surface area (Å²) in [6.45, 7) is 3.52. The van der Waals surface area contributed by atoms with Crippen LogP contribution >= 0.6 is 11.6 Å². The molecule has 1 saturated heterocycles. The normalized spacial score (nSPS) is 14.1. The summed E-state index contributed by atoms with van der Waals surface area (Å²) in [5, 5.41) is 8.37. The molecular weight excluding hydrogens is 348 g/mol. The first-order valence-corrected chi connectivity index (χ1v) is 8.40. The van der Waals surface area contributed by atoms with Gasteiger partial charge in [0.15, 0.2) is 0 Å². The van der Waals surface area contributed by atoms with Crippen molar-refractivity contribution in [2.75, 3.05) is 63.3 Å². The zero-order valence-electron chi connectivity index (χ0n) is 14.1. The van der Waals surface area contributed by atoms with Gasteiger partial charge < -0.3 is 25.0 Å². The smallest absolute Gasteiger partial charge is 0.321 e. The molecule has 1 aromatic rings. The van der Waals surface area contributed by atoms with Crippen molar-refractivity contribution in [2.24, 2.45) is 0 Å². The second kappa shape index (κ2) is 10.1. The molecule has 1 aliphatic heterocycles. The van der Waals surface area contributed by atoms with Gasteiger partial charge in [-0.2, -0.15) is 0 Å². The van der Waals surface area contributed by atoms with E-state index in [2.05, 4.69) is 20.9 Å². The molecule has 1 aromatic carbocycles. The van der Waals surface area contributed by atoms with E-state index in [0.29, 0.717) is 31.4 Å². The van der Waals surface area contributed by atoms with Crippen molar-refractivity contribution in [3.8, 4) is 0 Å². The molecule has 0 unspecified atom stereocenters. The lowest BCUT2D eigenvalue weighted by atomic mass is 10.2. The molecule has 1 fully saturated rings. The Kier molecular flexibility index (Phi) is 7.77. The molecule has 0 bridgehead atoms. The van der Waals surface area contributed by atoms with Gasteiger partial charge in [0.05, 0.1) is 37.7 Å². The van der Waals surface area contributed by atoms with E-state index < -0.39 is 11.9 Å². The van der Waals surface area contributed by atoms with Crippen LogP contribution in [0.3, 0.4) is 0 Å². The summed E-state index contributed by atoms with van der Waals surface area (Å²) in [5.41, 5.74) is 1.69. The maximum absolute atomic E-state index is 11.9. The highest BCUT2D eigenvalue weighted by molar-refractivity contribution is 6.31. The minimum atomic E-state index is -0.552. The Hall–Kier alpha value is -2.03. The number of nitrogens with one attached hydrogen (secondary N) is 3. The molecule has 3 N–H and O–H groups in total. The number of amides is 3. The number of hydrogen-bond acceptors (Lipinski definition) is 6. The molecule has 8 nitrogen and oxygen atoms in total. The van der Waals surface area contributed by atoms with Crippen LogP contribution in [0.25, 0.3) is 0 Å². The van der Waals surface area contributed by atoms with Crippen LogP contribution in [0.15, 0.2) is 18.2 Å². The summed E-state index contributed by atoms with van der Waals surface area (Å²) >= 11 is 6.07. The molecule has 0 saturated carbocycles. The van der Waals surface area contributed by atoms with Crippen LogP contribution in [0.4, 0.5) is 16.2 Å². The Labute approximate surface area is 151 Å². The Morgan fingerprint density at radius 1 is 1.32 bits per heavy atom. The van der Waals surface area contributed by atoms with Gasteiger partial charge in [-0.3, -0.25) is 10.1 Å². The lowest BCUT2D eigenvalue weighted by Gasteiger charge is -2.30. The fourth-order valence-electron chi connectivity index (χ4n) is 2.39. The maximum Gasteiger partial charge on any atom is 0.321 e. The van der Waals surface area contributed by atoms with E-state index in [-0.39, 0.29) is 6.54 Å². The van der Waals surface area contributed by atoms with Gasteiger partial charge in [0.1, 0.15) is 0 Å². The summed E-state index contributed by atoms with van der Waals surface area (Å²) < 4.78 is 10.2. The number of carbonyl (C=O) groups excluding carboxylic acids is 2. The molecule has 0 spiro atoms. The first-order chi connectivity index (χ1) is 12.1. The third kappa shape index (κ3) is 6.41. The number of imide groups is 1. The highest BCUT2D eigenvalue weighted by Gasteiger charge is 2.16. The number of rotatable bonds is 7. The Bertz CT molecular complexity index is 593. The van der Waals surface area contributed by atoms with Gasteiger partial charge in [-0.1, -0.05) is 11.6 Å². The fraction of sp³-hybridized carbons (Fsp3) is 0.500. The SMILES string of the molecule is COCCNC(=O)NC(=O)CNc1cc(Cl)ccc1N1CCOCC1. The number of morpholine rings is 1. The highest BCUT2D eigenvalue weighted by Crippen LogP contribution is 2.29. The van der Waals surface area contributed by atoms with Crippen LogP contribution in [0.5, 0.6) is 0 Å². The summed E-state index contributed by atoms with van der Waals surface area (Å²) in [5.74, 6) is -0.442. The number of hydrogen-bond donors (Lipinski definition) is 3. The van der Waals surface area contributed by atoms with Crippen LogP contribution in [-0.2, 0) is 14.3 Å². The number of nitrogens with zero attached hydrogens (tertiary/aromatic N) is 1. The van der Waals surface area contributed by atoms with E-state index in [0.717, 1.165) is 24.5 Å². The molecule has 138 valence electrons. The van der Waals surface area contributed by atoms with Gasteiger partial charge >= 0.3 is 6.03 Å². The number of benzene rings is 1. The number of ether oxygens (including phenoxy) is 2. The van der Waals surface area contributed by atoms with Crippen LogP contribution in [0.2, 0.25) is 5.02 Å². The van der Waals surface area contributed by atoms with Gasteiger partial charge in [-0.25, -0.2) is 4.79 Å². The standard InChI is InChI=1S/C16H23ClN4O4/c1-24-7-4-18-16(23)20-15(22)11-19-13-10-12(17)2-3-14(13)21-5-8-25-9-6-21/h2-3,10,19H,4-9,11H2,1H3,(H2,18,20,22,23). The largest absolute Gasteiger partial charge is 0.383 e. The number of anilines is 2. The number of methoxy groups -OCH3 is 1. The summed E-state index contributed by atoms with van der Waals surface area (Å²) in [6, 6.07) is 4.92. The molecule has 9 heteroatoms. The summed E-state index contributed by atoms with van der Waals surface area (Å²) in [7, 11) is 1.53. The number of carbonyl (C=O) groups is 2. The average molecular weight is 371 g/mol. The molecule has 1 aliphatic rings. The van der Waals surface area contributed by atoms with Crippen molar-refractivity contribution in [2.45, 2.75) is 0 Å². The second-order valence-electron chi connectivity index (χ2n) is 5.41. The quantitative estimate of drug-likeness (QED) is 0.622. The summed E-state index contributed by atoms with van der Waals surface area (Å²) in [6.07, 6.45) is 0. The van der Waals surface area contributed by atoms with Crippen LogP contribution < -0.4 is 20.9 Å². The average Bonchev–Trinajstić information content (AvgIpc) is 2.61. The van der Waals surface area contributed by atoms with E-state index in [1.165, 1.54) is 7.11 Å².